The van der Waals surface area contributed by atoms with Gasteiger partial charge < -0.3 is 15.4 Å². The number of guanidine groups is 1. The first-order valence-corrected chi connectivity index (χ1v) is 10.1. The molecule has 0 saturated heterocycles. The number of ether oxygens (including phenoxy) is 1. The molecule has 146 valence electrons. The molecular formula is C19H26N4O3S. The van der Waals surface area contributed by atoms with E-state index >= 15 is 0 Å². The molecule has 0 radical (unpaired) electrons. The molecule has 2 aromatic carbocycles. The van der Waals surface area contributed by atoms with Gasteiger partial charge >= 0.3 is 0 Å². The first-order valence-electron chi connectivity index (χ1n) is 8.58. The molecule has 0 spiro atoms. The van der Waals surface area contributed by atoms with Crippen LogP contribution in [-0.4, -0.2) is 41.6 Å². The summed E-state index contributed by atoms with van der Waals surface area (Å²) >= 11 is 0. The second-order valence-corrected chi connectivity index (χ2v) is 7.68. The molecule has 0 aliphatic rings. The van der Waals surface area contributed by atoms with Crippen molar-refractivity contribution in [1.29, 1.82) is 0 Å². The Morgan fingerprint density at radius 2 is 1.67 bits per heavy atom. The predicted octanol–water partition coefficient (Wildman–Crippen LogP) is 1.65. The summed E-state index contributed by atoms with van der Waals surface area (Å²) in [5.41, 5.74) is 2.10. The van der Waals surface area contributed by atoms with Crippen molar-refractivity contribution in [2.75, 3.05) is 27.2 Å². The summed E-state index contributed by atoms with van der Waals surface area (Å²) in [6, 6.07) is 14.5. The van der Waals surface area contributed by atoms with Gasteiger partial charge in [0.2, 0.25) is 10.0 Å². The first-order chi connectivity index (χ1) is 12.9. The van der Waals surface area contributed by atoms with Crippen molar-refractivity contribution in [2.24, 2.45) is 4.99 Å². The van der Waals surface area contributed by atoms with Crippen molar-refractivity contribution in [3.63, 3.8) is 0 Å². The minimum Gasteiger partial charge on any atom is -0.497 e. The van der Waals surface area contributed by atoms with Crippen molar-refractivity contribution in [1.82, 2.24) is 15.4 Å². The molecule has 7 nitrogen and oxygen atoms in total. The molecule has 2 rings (SSSR count). The van der Waals surface area contributed by atoms with Crippen LogP contribution in [0.4, 0.5) is 0 Å². The molecule has 0 aromatic heterocycles. The lowest BCUT2D eigenvalue weighted by Crippen LogP contribution is -2.41. The SMILES string of the molecule is CN=C(NCCNS(=O)(=O)c1ccc(C)cc1)NCc1ccc(OC)cc1. The molecule has 0 unspecified atom stereocenters. The Balaban J connectivity index is 1.76. The number of hydrogen-bond donors (Lipinski definition) is 3. The number of benzene rings is 2. The third-order valence-electron chi connectivity index (χ3n) is 3.88. The van der Waals surface area contributed by atoms with Gasteiger partial charge in [-0.2, -0.15) is 0 Å². The van der Waals surface area contributed by atoms with Crippen LogP contribution in [0.1, 0.15) is 11.1 Å². The van der Waals surface area contributed by atoms with Crippen LogP contribution < -0.4 is 20.1 Å². The van der Waals surface area contributed by atoms with E-state index < -0.39 is 10.0 Å². The Hall–Kier alpha value is -2.58. The first kappa shape index (κ1) is 20.7. The van der Waals surface area contributed by atoms with Crippen molar-refractivity contribution in [3.8, 4) is 5.75 Å². The number of sulfonamides is 1. The molecule has 0 aliphatic carbocycles. The van der Waals surface area contributed by atoms with Gasteiger partial charge in [0.25, 0.3) is 0 Å². The molecule has 8 heteroatoms. The standard InChI is InChI=1S/C19H26N4O3S/c1-15-4-10-18(11-5-15)27(24,25)23-13-12-21-19(20-2)22-14-16-6-8-17(26-3)9-7-16/h4-11,23H,12-14H2,1-3H3,(H2,20,21,22). The van der Waals surface area contributed by atoms with E-state index in [1.165, 1.54) is 0 Å². The highest BCUT2D eigenvalue weighted by Crippen LogP contribution is 2.11. The zero-order valence-corrected chi connectivity index (χ0v) is 16.6. The van der Waals surface area contributed by atoms with E-state index in [2.05, 4.69) is 20.3 Å². The molecular weight excluding hydrogens is 364 g/mol. The lowest BCUT2D eigenvalue weighted by atomic mass is 10.2. The quantitative estimate of drug-likeness (QED) is 0.362. The van der Waals surface area contributed by atoms with Gasteiger partial charge in [-0.1, -0.05) is 29.8 Å². The zero-order chi connectivity index (χ0) is 19.7. The Morgan fingerprint density at radius 1 is 1.00 bits per heavy atom. The highest BCUT2D eigenvalue weighted by atomic mass is 32.2. The molecule has 27 heavy (non-hydrogen) atoms. The van der Waals surface area contributed by atoms with Crippen LogP contribution in [0.25, 0.3) is 0 Å². The van der Waals surface area contributed by atoms with E-state index in [-0.39, 0.29) is 11.4 Å². The summed E-state index contributed by atoms with van der Waals surface area (Å²) in [6.45, 7) is 3.17. The second kappa shape index (κ2) is 9.94. The van der Waals surface area contributed by atoms with E-state index in [0.29, 0.717) is 19.0 Å². The summed E-state index contributed by atoms with van der Waals surface area (Å²) in [4.78, 5) is 4.39. The summed E-state index contributed by atoms with van der Waals surface area (Å²) in [6.07, 6.45) is 0. The fraction of sp³-hybridized carbons (Fsp3) is 0.316. The van der Waals surface area contributed by atoms with Crippen LogP contribution in [-0.2, 0) is 16.6 Å². The van der Waals surface area contributed by atoms with Crippen LogP contribution in [0.15, 0.2) is 58.4 Å². The minimum atomic E-state index is -3.51. The fourth-order valence-corrected chi connectivity index (χ4v) is 3.35. The normalized spacial score (nSPS) is 11.9. The summed E-state index contributed by atoms with van der Waals surface area (Å²) in [5, 5.41) is 6.26. The maximum absolute atomic E-state index is 12.2. The van der Waals surface area contributed by atoms with Gasteiger partial charge in [0, 0.05) is 26.7 Å². The van der Waals surface area contributed by atoms with Gasteiger partial charge in [-0.05, 0) is 36.8 Å². The predicted molar refractivity (Wildman–Crippen MR) is 108 cm³/mol. The third kappa shape index (κ3) is 6.58. The van der Waals surface area contributed by atoms with E-state index in [1.807, 2.05) is 31.2 Å². The summed E-state index contributed by atoms with van der Waals surface area (Å²) in [5.74, 6) is 1.41. The minimum absolute atomic E-state index is 0.249. The van der Waals surface area contributed by atoms with Gasteiger partial charge in [0.05, 0.1) is 12.0 Å². The molecule has 0 amide bonds. The van der Waals surface area contributed by atoms with Crippen LogP contribution in [0.2, 0.25) is 0 Å². The molecule has 3 N–H and O–H groups in total. The van der Waals surface area contributed by atoms with E-state index in [0.717, 1.165) is 16.9 Å². The zero-order valence-electron chi connectivity index (χ0n) is 15.8. The number of hydrogen-bond acceptors (Lipinski definition) is 4. The lowest BCUT2D eigenvalue weighted by Gasteiger charge is -2.13. The van der Waals surface area contributed by atoms with Gasteiger partial charge in [-0.3, -0.25) is 4.99 Å². The van der Waals surface area contributed by atoms with E-state index in [1.54, 1.807) is 38.4 Å². The Labute approximate surface area is 160 Å². The Morgan fingerprint density at radius 3 is 2.26 bits per heavy atom. The number of nitrogens with zero attached hydrogens (tertiary/aromatic N) is 1. The number of nitrogens with one attached hydrogen (secondary N) is 3. The molecule has 0 saturated carbocycles. The van der Waals surface area contributed by atoms with E-state index in [4.69, 9.17) is 4.74 Å². The highest BCUT2D eigenvalue weighted by molar-refractivity contribution is 7.89. The van der Waals surface area contributed by atoms with Crippen LogP contribution >= 0.6 is 0 Å². The van der Waals surface area contributed by atoms with Crippen LogP contribution in [0.3, 0.4) is 0 Å². The molecule has 0 atom stereocenters. The fourth-order valence-electron chi connectivity index (χ4n) is 2.32. The smallest absolute Gasteiger partial charge is 0.240 e. The third-order valence-corrected chi connectivity index (χ3v) is 5.36. The largest absolute Gasteiger partial charge is 0.497 e. The average molecular weight is 391 g/mol. The number of aryl methyl sites for hydroxylation is 1. The molecule has 0 fully saturated rings. The van der Waals surface area contributed by atoms with Gasteiger partial charge in [0.1, 0.15) is 5.75 Å². The average Bonchev–Trinajstić information content (AvgIpc) is 2.68. The summed E-state index contributed by atoms with van der Waals surface area (Å²) < 4.78 is 32.2. The maximum atomic E-state index is 12.2. The van der Waals surface area contributed by atoms with Gasteiger partial charge in [-0.25, -0.2) is 13.1 Å². The Kier molecular flexibility index (Phi) is 7.63. The van der Waals surface area contributed by atoms with Crippen molar-refractivity contribution in [2.45, 2.75) is 18.4 Å². The molecule has 0 bridgehead atoms. The number of methoxy groups -OCH3 is 1. The van der Waals surface area contributed by atoms with E-state index in [9.17, 15) is 8.42 Å². The van der Waals surface area contributed by atoms with Gasteiger partial charge in [0.15, 0.2) is 5.96 Å². The molecule has 2 aromatic rings. The van der Waals surface area contributed by atoms with Crippen molar-refractivity contribution >= 4 is 16.0 Å². The maximum Gasteiger partial charge on any atom is 0.240 e. The van der Waals surface area contributed by atoms with Crippen molar-refractivity contribution in [3.05, 3.63) is 59.7 Å². The highest BCUT2D eigenvalue weighted by Gasteiger charge is 2.12. The number of rotatable bonds is 8. The summed E-state index contributed by atoms with van der Waals surface area (Å²) in [7, 11) is -0.208. The lowest BCUT2D eigenvalue weighted by molar-refractivity contribution is 0.414. The van der Waals surface area contributed by atoms with Crippen molar-refractivity contribution < 1.29 is 13.2 Å². The Bertz CT molecular complexity index is 848. The number of aliphatic imine (C=N–C) groups is 1. The van der Waals surface area contributed by atoms with Crippen LogP contribution in [0, 0.1) is 6.92 Å². The van der Waals surface area contributed by atoms with Gasteiger partial charge in [-0.15, -0.1) is 0 Å². The second-order valence-electron chi connectivity index (χ2n) is 5.91. The topological polar surface area (TPSA) is 91.8 Å². The van der Waals surface area contributed by atoms with Crippen LogP contribution in [0.5, 0.6) is 5.75 Å². The monoisotopic (exact) mass is 390 g/mol. The molecule has 0 aliphatic heterocycles. The molecule has 0 heterocycles.